The van der Waals surface area contributed by atoms with Crippen LogP contribution in [0.3, 0.4) is 0 Å². The Balaban J connectivity index is 1.48. The Kier molecular flexibility index (Phi) is 9.86. The Morgan fingerprint density at radius 1 is 1.02 bits per heavy atom. The van der Waals surface area contributed by atoms with Gasteiger partial charge >= 0.3 is 7.12 Å². The van der Waals surface area contributed by atoms with Crippen molar-refractivity contribution in [2.24, 2.45) is 5.92 Å². The maximum atomic E-state index is 14.2. The lowest BCUT2D eigenvalue weighted by atomic mass is 9.72. The molecule has 2 N–H and O–H groups in total. The summed E-state index contributed by atoms with van der Waals surface area (Å²) < 4.78 is 26.6. The van der Waals surface area contributed by atoms with Crippen LogP contribution >= 0.6 is 0 Å². The molecule has 42 heavy (non-hydrogen) atoms. The van der Waals surface area contributed by atoms with Crippen LogP contribution in [-0.4, -0.2) is 59.2 Å². The van der Waals surface area contributed by atoms with Crippen LogP contribution in [0.5, 0.6) is 0 Å². The Hall–Kier alpha value is -1.97. The molecular formula is C33H53BFN3O4. The van der Waals surface area contributed by atoms with Crippen molar-refractivity contribution in [3.8, 4) is 0 Å². The molecule has 2 saturated heterocycles. The Labute approximate surface area is 253 Å². The standard InChI is InChI=1S/C33H53BFN3O4/c1-23(39)36-33(29(40)37-30(2,3)4,18-9-10-19-34-41-31(5,6)32(7,8)42-34)25-16-20-38(21-17-25)28-13-11-12-24-14-15-26(35)22-27(24)28/h14-15,22,25,28H,9-13,16-21H2,1-8H3,(H,36,39)(H,37,40). The number of amides is 2. The van der Waals surface area contributed by atoms with E-state index >= 15 is 0 Å². The number of hydrogen-bond donors (Lipinski definition) is 2. The van der Waals surface area contributed by atoms with E-state index in [1.54, 1.807) is 12.1 Å². The molecule has 2 heterocycles. The van der Waals surface area contributed by atoms with Crippen LogP contribution in [0.4, 0.5) is 4.39 Å². The van der Waals surface area contributed by atoms with E-state index in [0.29, 0.717) is 6.42 Å². The van der Waals surface area contributed by atoms with Gasteiger partial charge < -0.3 is 19.9 Å². The number of unbranched alkanes of at least 4 members (excludes halogenated alkanes) is 1. The van der Waals surface area contributed by atoms with E-state index in [-0.39, 0.29) is 47.9 Å². The van der Waals surface area contributed by atoms with Crippen LogP contribution in [0.25, 0.3) is 0 Å². The predicted octanol–water partition coefficient (Wildman–Crippen LogP) is 5.97. The minimum Gasteiger partial charge on any atom is -0.403 e. The van der Waals surface area contributed by atoms with Gasteiger partial charge in [-0.05, 0) is 136 Å². The third-order valence-electron chi connectivity index (χ3n) is 9.91. The number of likely N-dealkylation sites (tertiary alicyclic amines) is 1. The molecule has 2 fully saturated rings. The van der Waals surface area contributed by atoms with Gasteiger partial charge in [0.1, 0.15) is 11.4 Å². The van der Waals surface area contributed by atoms with E-state index < -0.39 is 11.1 Å². The lowest BCUT2D eigenvalue weighted by Gasteiger charge is -2.47. The van der Waals surface area contributed by atoms with E-state index in [9.17, 15) is 14.0 Å². The maximum absolute atomic E-state index is 14.2. The van der Waals surface area contributed by atoms with Crippen molar-refractivity contribution in [3.05, 3.63) is 35.1 Å². The lowest BCUT2D eigenvalue weighted by molar-refractivity contribution is -0.138. The van der Waals surface area contributed by atoms with Crippen molar-refractivity contribution in [2.75, 3.05) is 13.1 Å². The molecule has 1 aromatic carbocycles. The van der Waals surface area contributed by atoms with Gasteiger partial charge in [-0.15, -0.1) is 0 Å². The number of fused-ring (bicyclic) bond motifs is 1. The molecule has 2 atom stereocenters. The molecule has 4 rings (SSSR count). The molecule has 0 saturated carbocycles. The second-order valence-corrected chi connectivity index (χ2v) is 14.8. The molecule has 3 aliphatic rings. The molecule has 1 aromatic rings. The number of carbonyl (C=O) groups is 2. The van der Waals surface area contributed by atoms with Crippen molar-refractivity contribution >= 4 is 18.9 Å². The van der Waals surface area contributed by atoms with Gasteiger partial charge in [0.15, 0.2) is 0 Å². The summed E-state index contributed by atoms with van der Waals surface area (Å²) in [6.45, 7) is 17.3. The quantitative estimate of drug-likeness (QED) is 0.276. The summed E-state index contributed by atoms with van der Waals surface area (Å²) in [6.07, 6.45) is 7.55. The highest BCUT2D eigenvalue weighted by Crippen LogP contribution is 2.41. The summed E-state index contributed by atoms with van der Waals surface area (Å²) in [5.41, 5.74) is 0.179. The summed E-state index contributed by atoms with van der Waals surface area (Å²) in [6, 6.07) is 5.41. The molecule has 2 aliphatic heterocycles. The van der Waals surface area contributed by atoms with Crippen molar-refractivity contribution in [2.45, 2.75) is 141 Å². The summed E-state index contributed by atoms with van der Waals surface area (Å²) in [5, 5.41) is 6.38. The van der Waals surface area contributed by atoms with Crippen LogP contribution in [0.15, 0.2) is 18.2 Å². The predicted molar refractivity (Wildman–Crippen MR) is 166 cm³/mol. The van der Waals surface area contributed by atoms with E-state index in [4.69, 9.17) is 9.31 Å². The van der Waals surface area contributed by atoms with Crippen LogP contribution in [0, 0.1) is 11.7 Å². The molecule has 2 unspecified atom stereocenters. The average molecular weight is 586 g/mol. The molecule has 1 aliphatic carbocycles. The Morgan fingerprint density at radius 3 is 2.26 bits per heavy atom. The molecule has 0 aromatic heterocycles. The zero-order chi connectivity index (χ0) is 30.9. The van der Waals surface area contributed by atoms with Gasteiger partial charge in [-0.2, -0.15) is 0 Å². The smallest absolute Gasteiger partial charge is 0.403 e. The summed E-state index contributed by atoms with van der Waals surface area (Å²) in [4.78, 5) is 29.2. The van der Waals surface area contributed by atoms with E-state index in [1.165, 1.54) is 12.5 Å². The molecule has 234 valence electrons. The number of piperidine rings is 1. The second-order valence-electron chi connectivity index (χ2n) is 14.8. The molecule has 0 spiro atoms. The van der Waals surface area contributed by atoms with Gasteiger partial charge in [0.25, 0.3) is 0 Å². The summed E-state index contributed by atoms with van der Waals surface area (Å²) in [5.74, 6) is -0.486. The zero-order valence-electron chi connectivity index (χ0n) is 27.2. The highest BCUT2D eigenvalue weighted by molar-refractivity contribution is 6.45. The number of rotatable bonds is 9. The molecule has 2 amide bonds. The van der Waals surface area contributed by atoms with Gasteiger partial charge in [-0.25, -0.2) is 4.39 Å². The van der Waals surface area contributed by atoms with E-state index in [2.05, 4.69) is 43.2 Å². The van der Waals surface area contributed by atoms with Crippen molar-refractivity contribution in [3.63, 3.8) is 0 Å². The largest absolute Gasteiger partial charge is 0.457 e. The summed E-state index contributed by atoms with van der Waals surface area (Å²) >= 11 is 0. The van der Waals surface area contributed by atoms with Gasteiger partial charge in [0.2, 0.25) is 11.8 Å². The highest BCUT2D eigenvalue weighted by atomic mass is 19.1. The average Bonchev–Trinajstić information content (AvgIpc) is 3.09. The molecule has 0 radical (unpaired) electrons. The first-order chi connectivity index (χ1) is 19.5. The van der Waals surface area contributed by atoms with Crippen LogP contribution < -0.4 is 10.6 Å². The minimum atomic E-state index is -1.00. The lowest BCUT2D eigenvalue weighted by Crippen LogP contribution is -2.66. The minimum absolute atomic E-state index is 0.00702. The van der Waals surface area contributed by atoms with Crippen molar-refractivity contribution in [1.82, 2.24) is 15.5 Å². The fraction of sp³-hybridized carbons (Fsp3) is 0.758. The van der Waals surface area contributed by atoms with E-state index in [1.807, 2.05) is 26.8 Å². The fourth-order valence-corrected chi connectivity index (χ4v) is 7.12. The van der Waals surface area contributed by atoms with Crippen molar-refractivity contribution < 1.29 is 23.3 Å². The monoisotopic (exact) mass is 585 g/mol. The number of nitrogens with zero attached hydrogens (tertiary/aromatic N) is 1. The zero-order valence-corrected chi connectivity index (χ0v) is 27.2. The first kappa shape index (κ1) is 32.9. The van der Waals surface area contributed by atoms with Gasteiger partial charge in [0, 0.05) is 18.5 Å². The first-order valence-electron chi connectivity index (χ1n) is 16.0. The third kappa shape index (κ3) is 7.39. The first-order valence-corrected chi connectivity index (χ1v) is 16.0. The SMILES string of the molecule is CC(=O)NC(CCCCB1OC(C)(C)C(C)(C)O1)(C(=O)NC(C)(C)C)C1CCN(C2CCCc3ccc(F)cc32)CC1. The van der Waals surface area contributed by atoms with E-state index in [0.717, 1.165) is 69.9 Å². The number of nitrogens with one attached hydrogen (secondary N) is 2. The molecule has 9 heteroatoms. The van der Waals surface area contributed by atoms with Crippen LogP contribution in [0.2, 0.25) is 6.32 Å². The number of carbonyl (C=O) groups excluding carboxylic acids is 2. The second kappa shape index (κ2) is 12.6. The van der Waals surface area contributed by atoms with Crippen LogP contribution in [0.1, 0.15) is 118 Å². The third-order valence-corrected chi connectivity index (χ3v) is 9.91. The normalized spacial score (nSPS) is 24.1. The number of benzene rings is 1. The molecule has 7 nitrogen and oxygen atoms in total. The Bertz CT molecular complexity index is 1110. The topological polar surface area (TPSA) is 79.9 Å². The number of halogens is 1. The molecule has 0 bridgehead atoms. The van der Waals surface area contributed by atoms with Gasteiger partial charge in [0.05, 0.1) is 11.2 Å². The fourth-order valence-electron chi connectivity index (χ4n) is 7.12. The molecular weight excluding hydrogens is 532 g/mol. The summed E-state index contributed by atoms with van der Waals surface area (Å²) in [7, 11) is -0.278. The van der Waals surface area contributed by atoms with Gasteiger partial charge in [-0.3, -0.25) is 14.5 Å². The van der Waals surface area contributed by atoms with Crippen LogP contribution in [-0.2, 0) is 25.3 Å². The van der Waals surface area contributed by atoms with Gasteiger partial charge in [-0.1, -0.05) is 18.9 Å². The maximum Gasteiger partial charge on any atom is 0.457 e. The highest BCUT2D eigenvalue weighted by Gasteiger charge is 2.51. The van der Waals surface area contributed by atoms with Crippen molar-refractivity contribution in [1.29, 1.82) is 0 Å². The number of hydrogen-bond acceptors (Lipinski definition) is 5. The number of aryl methyl sites for hydroxylation is 1. The Morgan fingerprint density at radius 2 is 1.67 bits per heavy atom.